The number of halogens is 5. The molecular formula is C20H20ClF4N3O2. The standard InChI is InChI=1S/C20H20ClF4N3O2/c1-19(2,3)30-18(29)27-8-15-11-7-14(26-28(15)16(9-27)20(23,24)25)17(11)10-4-5-13(22)12(21)6-10/h4-6,16,26H,7-9H2,1-3H3. The molecule has 1 saturated heterocycles. The van der Waals surface area contributed by atoms with Gasteiger partial charge in [-0.1, -0.05) is 17.7 Å². The van der Waals surface area contributed by atoms with E-state index in [2.05, 4.69) is 5.43 Å². The first-order valence-electron chi connectivity index (χ1n) is 9.36. The number of nitrogens with zero attached hydrogens (tertiary/aromatic N) is 2. The lowest BCUT2D eigenvalue weighted by Gasteiger charge is -2.52. The van der Waals surface area contributed by atoms with Crippen LogP contribution in [0.15, 0.2) is 35.2 Å². The van der Waals surface area contributed by atoms with Gasteiger partial charge in [-0.05, 0) is 44.0 Å². The molecular weight excluding hydrogens is 426 g/mol. The van der Waals surface area contributed by atoms with Crippen LogP contribution < -0.4 is 5.43 Å². The first kappa shape index (κ1) is 20.8. The number of hydrogen-bond donors (Lipinski definition) is 1. The van der Waals surface area contributed by atoms with Crippen LogP contribution >= 0.6 is 11.6 Å². The first-order valence-corrected chi connectivity index (χ1v) is 9.74. The van der Waals surface area contributed by atoms with Crippen LogP contribution in [0.2, 0.25) is 5.02 Å². The molecule has 1 fully saturated rings. The van der Waals surface area contributed by atoms with Crippen LogP contribution in [0.25, 0.3) is 5.57 Å². The SMILES string of the molecule is CC(C)(C)OC(=O)N1CC2=C3CC(=C3c3ccc(F)c(Cl)c3)NN2C(C(F)(F)F)C1. The molecule has 1 aromatic rings. The largest absolute Gasteiger partial charge is 0.444 e. The summed E-state index contributed by atoms with van der Waals surface area (Å²) in [4.78, 5) is 13.6. The molecule has 10 heteroatoms. The summed E-state index contributed by atoms with van der Waals surface area (Å²) < 4.78 is 60.2. The number of alkyl halides is 3. The molecule has 2 bridgehead atoms. The fourth-order valence-electron chi connectivity index (χ4n) is 3.82. The number of ether oxygens (including phenoxy) is 1. The molecule has 1 N–H and O–H groups in total. The van der Waals surface area contributed by atoms with E-state index in [1.165, 1.54) is 18.2 Å². The van der Waals surface area contributed by atoms with Crippen LogP contribution in [-0.4, -0.2) is 46.9 Å². The minimum absolute atomic E-state index is 0.0322. The van der Waals surface area contributed by atoms with Crippen LogP contribution in [0.3, 0.4) is 0 Å². The maximum atomic E-state index is 13.8. The zero-order valence-corrected chi connectivity index (χ0v) is 17.3. The lowest BCUT2D eigenvalue weighted by Crippen LogP contribution is -2.65. The Bertz CT molecular complexity index is 981. The normalized spacial score (nSPS) is 21.3. The number of fused-ring (bicyclic) bond motifs is 3. The zero-order valence-electron chi connectivity index (χ0n) is 16.5. The minimum atomic E-state index is -4.57. The van der Waals surface area contributed by atoms with Gasteiger partial charge in [0.15, 0.2) is 6.04 Å². The van der Waals surface area contributed by atoms with Gasteiger partial charge < -0.3 is 10.2 Å². The average molecular weight is 446 g/mol. The topological polar surface area (TPSA) is 44.8 Å². The van der Waals surface area contributed by atoms with E-state index in [-0.39, 0.29) is 11.6 Å². The molecule has 1 aliphatic carbocycles. The molecule has 1 unspecified atom stereocenters. The Balaban J connectivity index is 1.71. The van der Waals surface area contributed by atoms with Crippen molar-refractivity contribution in [3.05, 3.63) is 51.6 Å². The van der Waals surface area contributed by atoms with Crippen LogP contribution in [0.5, 0.6) is 0 Å². The highest BCUT2D eigenvalue weighted by Gasteiger charge is 2.53. The third-order valence-electron chi connectivity index (χ3n) is 5.14. The predicted molar refractivity (Wildman–Crippen MR) is 103 cm³/mol. The summed E-state index contributed by atoms with van der Waals surface area (Å²) in [7, 11) is 0. The molecule has 2 heterocycles. The Kier molecular flexibility index (Phi) is 4.72. The van der Waals surface area contributed by atoms with Crippen molar-refractivity contribution in [1.82, 2.24) is 15.3 Å². The third kappa shape index (κ3) is 3.59. The van der Waals surface area contributed by atoms with Crippen molar-refractivity contribution in [2.45, 2.75) is 45.0 Å². The summed E-state index contributed by atoms with van der Waals surface area (Å²) in [5.74, 6) is -0.575. The quantitative estimate of drug-likeness (QED) is 0.628. The zero-order chi connectivity index (χ0) is 22.0. The molecule has 0 aromatic heterocycles. The van der Waals surface area contributed by atoms with Crippen LogP contribution in [0.4, 0.5) is 22.4 Å². The van der Waals surface area contributed by atoms with Gasteiger partial charge in [-0.15, -0.1) is 0 Å². The van der Waals surface area contributed by atoms with E-state index < -0.39 is 36.3 Å². The van der Waals surface area contributed by atoms with E-state index >= 15 is 0 Å². The number of hydrogen-bond acceptors (Lipinski definition) is 4. The summed E-state index contributed by atoms with van der Waals surface area (Å²) in [5.41, 5.74) is 4.95. The molecule has 0 spiro atoms. The second-order valence-corrected chi connectivity index (χ2v) is 8.89. The van der Waals surface area contributed by atoms with Crippen molar-refractivity contribution in [2.24, 2.45) is 0 Å². The van der Waals surface area contributed by atoms with Crippen molar-refractivity contribution in [1.29, 1.82) is 0 Å². The number of carbonyl (C=O) groups excluding carboxylic acids is 1. The van der Waals surface area contributed by atoms with Crippen LogP contribution in [0.1, 0.15) is 32.8 Å². The van der Waals surface area contributed by atoms with Crippen molar-refractivity contribution < 1.29 is 27.1 Å². The van der Waals surface area contributed by atoms with Crippen molar-refractivity contribution in [3.63, 3.8) is 0 Å². The number of allylic oxidation sites excluding steroid dienone is 2. The lowest BCUT2D eigenvalue weighted by molar-refractivity contribution is -0.196. The van der Waals surface area contributed by atoms with E-state index in [1.807, 2.05) is 0 Å². The Morgan fingerprint density at radius 2 is 1.97 bits per heavy atom. The molecule has 30 heavy (non-hydrogen) atoms. The number of carbonyl (C=O) groups is 1. The molecule has 4 rings (SSSR count). The second kappa shape index (κ2) is 6.80. The number of hydrazine groups is 1. The van der Waals surface area contributed by atoms with Crippen molar-refractivity contribution in [2.75, 3.05) is 13.1 Å². The highest BCUT2D eigenvalue weighted by atomic mass is 35.5. The van der Waals surface area contributed by atoms with Crippen molar-refractivity contribution >= 4 is 23.3 Å². The Hall–Kier alpha value is -2.42. The first-order chi connectivity index (χ1) is 13.8. The number of benzene rings is 1. The molecule has 5 nitrogen and oxygen atoms in total. The summed E-state index contributed by atoms with van der Waals surface area (Å²) in [6, 6.07) is 2.27. The average Bonchev–Trinajstić information content (AvgIpc) is 2.60. The van der Waals surface area contributed by atoms with Gasteiger partial charge in [0.2, 0.25) is 0 Å². The van der Waals surface area contributed by atoms with E-state index in [0.717, 1.165) is 9.91 Å². The van der Waals surface area contributed by atoms with Gasteiger partial charge in [-0.2, -0.15) is 13.2 Å². The molecule has 0 saturated carbocycles. The molecule has 2 aliphatic heterocycles. The maximum Gasteiger partial charge on any atom is 0.412 e. The summed E-state index contributed by atoms with van der Waals surface area (Å²) in [6.45, 7) is 4.39. The summed E-state index contributed by atoms with van der Waals surface area (Å²) >= 11 is 5.88. The van der Waals surface area contributed by atoms with Crippen molar-refractivity contribution in [3.8, 4) is 0 Å². The minimum Gasteiger partial charge on any atom is -0.444 e. The highest BCUT2D eigenvalue weighted by Crippen LogP contribution is 2.49. The maximum absolute atomic E-state index is 13.8. The number of nitrogens with one attached hydrogen (secondary N) is 1. The molecule has 1 atom stereocenters. The van der Waals surface area contributed by atoms with E-state index in [0.29, 0.717) is 34.5 Å². The molecule has 3 aliphatic rings. The second-order valence-electron chi connectivity index (χ2n) is 8.48. The molecule has 1 amide bonds. The van der Waals surface area contributed by atoms with Gasteiger partial charge in [0.1, 0.15) is 11.4 Å². The van der Waals surface area contributed by atoms with E-state index in [1.54, 1.807) is 20.8 Å². The number of rotatable bonds is 1. The third-order valence-corrected chi connectivity index (χ3v) is 5.42. The number of amides is 1. The Morgan fingerprint density at radius 3 is 2.57 bits per heavy atom. The smallest absolute Gasteiger partial charge is 0.412 e. The Morgan fingerprint density at radius 1 is 1.27 bits per heavy atom. The van der Waals surface area contributed by atoms with Gasteiger partial charge in [-0.25, -0.2) is 9.18 Å². The molecule has 0 radical (unpaired) electrons. The van der Waals surface area contributed by atoms with Crippen LogP contribution in [-0.2, 0) is 4.74 Å². The summed E-state index contributed by atoms with van der Waals surface area (Å²) in [5, 5.41) is 1.02. The number of piperazine rings is 1. The fourth-order valence-corrected chi connectivity index (χ4v) is 4.00. The fraction of sp³-hybridized carbons (Fsp3) is 0.450. The summed E-state index contributed by atoms with van der Waals surface area (Å²) in [6.07, 6.45) is -4.93. The predicted octanol–water partition coefficient (Wildman–Crippen LogP) is 4.85. The monoisotopic (exact) mass is 445 g/mol. The van der Waals surface area contributed by atoms with Gasteiger partial charge in [-0.3, -0.25) is 9.91 Å². The van der Waals surface area contributed by atoms with Gasteiger partial charge >= 0.3 is 12.3 Å². The lowest BCUT2D eigenvalue weighted by atomic mass is 9.79. The van der Waals surface area contributed by atoms with E-state index in [9.17, 15) is 22.4 Å². The molecule has 162 valence electrons. The Labute approximate surface area is 175 Å². The van der Waals surface area contributed by atoms with Crippen LogP contribution in [0, 0.1) is 5.82 Å². The molecule has 1 aromatic carbocycles. The van der Waals surface area contributed by atoms with Gasteiger partial charge in [0.05, 0.1) is 23.8 Å². The van der Waals surface area contributed by atoms with E-state index in [4.69, 9.17) is 16.3 Å². The van der Waals surface area contributed by atoms with Gasteiger partial charge in [0.25, 0.3) is 0 Å². The van der Waals surface area contributed by atoms with Gasteiger partial charge in [0, 0.05) is 17.7 Å². The highest BCUT2D eigenvalue weighted by molar-refractivity contribution is 6.31.